The van der Waals surface area contributed by atoms with Gasteiger partial charge >= 0.3 is 6.03 Å². The van der Waals surface area contributed by atoms with Crippen molar-refractivity contribution in [2.24, 2.45) is 0 Å². The lowest BCUT2D eigenvalue weighted by atomic mass is 10.1. The molecule has 0 bridgehead atoms. The number of hydrogen-bond acceptors (Lipinski definition) is 7. The van der Waals surface area contributed by atoms with Crippen molar-refractivity contribution >= 4 is 57.8 Å². The SMILES string of the molecule is COc1cc(OC)c(Cl)c(N2Cc3cnc(Nc4ccccc4[N+](=O)[O-])cc3N(C)C2=O)c1Cl. The second kappa shape index (κ2) is 9.24. The van der Waals surface area contributed by atoms with Gasteiger partial charge in [0, 0.05) is 37.0 Å². The van der Waals surface area contributed by atoms with E-state index in [-0.39, 0.29) is 33.7 Å². The van der Waals surface area contributed by atoms with Crippen LogP contribution in [0.25, 0.3) is 0 Å². The molecule has 1 aliphatic rings. The lowest BCUT2D eigenvalue weighted by Gasteiger charge is -2.36. The van der Waals surface area contributed by atoms with Crippen LogP contribution in [0, 0.1) is 10.1 Å². The minimum absolute atomic E-state index is 0.0890. The van der Waals surface area contributed by atoms with Gasteiger partial charge in [-0.1, -0.05) is 35.3 Å². The quantitative estimate of drug-likeness (QED) is 0.342. The number of para-hydroxylation sites is 2. The number of fused-ring (bicyclic) bond motifs is 1. The highest BCUT2D eigenvalue weighted by molar-refractivity contribution is 6.42. The monoisotopic (exact) mass is 503 g/mol. The predicted molar refractivity (Wildman–Crippen MR) is 130 cm³/mol. The van der Waals surface area contributed by atoms with E-state index < -0.39 is 11.0 Å². The van der Waals surface area contributed by atoms with Crippen LogP contribution in [0.15, 0.2) is 42.6 Å². The summed E-state index contributed by atoms with van der Waals surface area (Å²) >= 11 is 13.0. The Balaban J connectivity index is 1.72. The van der Waals surface area contributed by atoms with Crippen molar-refractivity contribution in [2.45, 2.75) is 6.54 Å². The van der Waals surface area contributed by atoms with Crippen LogP contribution < -0.4 is 24.6 Å². The predicted octanol–water partition coefficient (Wildman–Crippen LogP) is 5.63. The van der Waals surface area contributed by atoms with E-state index in [0.29, 0.717) is 28.6 Å². The minimum atomic E-state index is -0.482. The van der Waals surface area contributed by atoms with Gasteiger partial charge in [0.1, 0.15) is 33.0 Å². The summed E-state index contributed by atoms with van der Waals surface area (Å²) in [5.41, 5.74) is 1.75. The molecule has 0 fully saturated rings. The third-order valence-corrected chi connectivity index (χ3v) is 6.08. The van der Waals surface area contributed by atoms with Crippen molar-refractivity contribution in [3.8, 4) is 11.5 Å². The van der Waals surface area contributed by atoms with E-state index in [1.54, 1.807) is 43.6 Å². The molecular weight excluding hydrogens is 485 g/mol. The van der Waals surface area contributed by atoms with Crippen LogP contribution in [-0.2, 0) is 6.54 Å². The number of ether oxygens (including phenoxy) is 2. The van der Waals surface area contributed by atoms with E-state index in [2.05, 4.69) is 10.3 Å². The average molecular weight is 504 g/mol. The first-order chi connectivity index (χ1) is 16.3. The fraction of sp³-hybridized carbons (Fsp3) is 0.182. The number of nitro benzene ring substituents is 1. The van der Waals surface area contributed by atoms with Crippen LogP contribution in [0.5, 0.6) is 11.5 Å². The topological polar surface area (TPSA) is 110 Å². The molecule has 176 valence electrons. The van der Waals surface area contributed by atoms with Gasteiger partial charge < -0.3 is 14.8 Å². The highest BCUT2D eigenvalue weighted by Crippen LogP contribution is 2.48. The lowest BCUT2D eigenvalue weighted by molar-refractivity contribution is -0.383. The van der Waals surface area contributed by atoms with Gasteiger partial charge in [0.2, 0.25) is 0 Å². The molecule has 34 heavy (non-hydrogen) atoms. The van der Waals surface area contributed by atoms with Gasteiger partial charge in [0.15, 0.2) is 0 Å². The van der Waals surface area contributed by atoms with Crippen LogP contribution in [0.1, 0.15) is 5.56 Å². The van der Waals surface area contributed by atoms with Gasteiger partial charge in [-0.2, -0.15) is 0 Å². The van der Waals surface area contributed by atoms with Crippen molar-refractivity contribution < 1.29 is 19.2 Å². The van der Waals surface area contributed by atoms with Gasteiger partial charge in [0.05, 0.1) is 37.1 Å². The average Bonchev–Trinajstić information content (AvgIpc) is 2.83. The summed E-state index contributed by atoms with van der Waals surface area (Å²) in [6.45, 7) is 0.132. The molecule has 0 spiro atoms. The number of benzene rings is 2. The number of amides is 2. The molecule has 4 rings (SSSR count). The molecule has 12 heteroatoms. The number of carbonyl (C=O) groups is 1. The third kappa shape index (κ3) is 4.02. The highest BCUT2D eigenvalue weighted by atomic mass is 35.5. The third-order valence-electron chi connectivity index (χ3n) is 5.35. The summed E-state index contributed by atoms with van der Waals surface area (Å²) in [4.78, 5) is 31.4. The summed E-state index contributed by atoms with van der Waals surface area (Å²) in [6, 6.07) is 9.03. The summed E-state index contributed by atoms with van der Waals surface area (Å²) in [5, 5.41) is 14.6. The Morgan fingerprint density at radius 3 is 2.38 bits per heavy atom. The molecule has 0 aliphatic carbocycles. The molecule has 1 aromatic heterocycles. The van der Waals surface area contributed by atoms with Crippen LogP contribution in [0.3, 0.4) is 0 Å². The summed E-state index contributed by atoms with van der Waals surface area (Å²) < 4.78 is 10.6. The summed E-state index contributed by atoms with van der Waals surface area (Å²) in [7, 11) is 4.50. The molecule has 0 saturated heterocycles. The number of nitro groups is 1. The molecule has 0 unspecified atom stereocenters. The van der Waals surface area contributed by atoms with Gasteiger partial charge in [-0.25, -0.2) is 9.78 Å². The smallest absolute Gasteiger partial charge is 0.329 e. The number of nitrogens with zero attached hydrogens (tertiary/aromatic N) is 4. The van der Waals surface area contributed by atoms with Gasteiger partial charge in [-0.05, 0) is 6.07 Å². The molecule has 2 heterocycles. The molecule has 10 nitrogen and oxygen atoms in total. The molecular formula is C22H19Cl2N5O5. The van der Waals surface area contributed by atoms with Gasteiger partial charge in [0.25, 0.3) is 5.69 Å². The van der Waals surface area contributed by atoms with Gasteiger partial charge in [-0.3, -0.25) is 19.9 Å². The number of halogens is 2. The summed E-state index contributed by atoms with van der Waals surface area (Å²) in [6.07, 6.45) is 1.58. The molecule has 0 radical (unpaired) electrons. The normalized spacial score (nSPS) is 12.9. The first-order valence-corrected chi connectivity index (χ1v) is 10.7. The second-order valence-electron chi connectivity index (χ2n) is 7.28. The first-order valence-electron chi connectivity index (χ1n) is 9.91. The fourth-order valence-electron chi connectivity index (χ4n) is 3.66. The first kappa shape index (κ1) is 23.4. The van der Waals surface area contributed by atoms with Crippen LogP contribution >= 0.6 is 23.2 Å². The molecule has 3 aromatic rings. The molecule has 1 aliphatic heterocycles. The Morgan fingerprint density at radius 1 is 1.12 bits per heavy atom. The van der Waals surface area contributed by atoms with E-state index >= 15 is 0 Å². The van der Waals surface area contributed by atoms with E-state index in [4.69, 9.17) is 32.7 Å². The zero-order valence-corrected chi connectivity index (χ0v) is 19.8. The van der Waals surface area contributed by atoms with Crippen molar-refractivity contribution in [3.05, 3.63) is 68.3 Å². The maximum absolute atomic E-state index is 13.3. The maximum Gasteiger partial charge on any atom is 0.329 e. The number of nitrogens with one attached hydrogen (secondary N) is 1. The number of urea groups is 1. The Kier molecular flexibility index (Phi) is 6.36. The molecule has 0 atom stereocenters. The van der Waals surface area contributed by atoms with Crippen molar-refractivity contribution in [1.82, 2.24) is 4.98 Å². The van der Waals surface area contributed by atoms with Crippen LogP contribution in [0.4, 0.5) is 33.4 Å². The number of methoxy groups -OCH3 is 2. The number of rotatable bonds is 6. The number of carbonyl (C=O) groups excluding carboxylic acids is 1. The van der Waals surface area contributed by atoms with E-state index in [9.17, 15) is 14.9 Å². The Labute approximate surface area is 204 Å². The van der Waals surface area contributed by atoms with E-state index in [1.807, 2.05) is 0 Å². The van der Waals surface area contributed by atoms with E-state index in [0.717, 1.165) is 0 Å². The zero-order valence-electron chi connectivity index (χ0n) is 18.3. The molecule has 2 amide bonds. The second-order valence-corrected chi connectivity index (χ2v) is 8.04. The zero-order chi connectivity index (χ0) is 24.6. The Bertz CT molecular complexity index is 1270. The molecule has 1 N–H and O–H groups in total. The Hall–Kier alpha value is -3.76. The van der Waals surface area contributed by atoms with Gasteiger partial charge in [-0.15, -0.1) is 0 Å². The highest BCUT2D eigenvalue weighted by Gasteiger charge is 2.34. The summed E-state index contributed by atoms with van der Waals surface area (Å²) in [5.74, 6) is 0.961. The Morgan fingerprint density at radius 2 is 1.76 bits per heavy atom. The number of anilines is 4. The number of pyridine rings is 1. The maximum atomic E-state index is 13.3. The van der Waals surface area contributed by atoms with Crippen LogP contribution in [0.2, 0.25) is 10.0 Å². The number of hydrogen-bond donors (Lipinski definition) is 1. The van der Waals surface area contributed by atoms with Crippen molar-refractivity contribution in [3.63, 3.8) is 0 Å². The minimum Gasteiger partial charge on any atom is -0.495 e. The fourth-order valence-corrected chi connectivity index (χ4v) is 4.36. The molecule has 2 aromatic carbocycles. The lowest BCUT2D eigenvalue weighted by Crippen LogP contribution is -2.45. The molecule has 0 saturated carbocycles. The van der Waals surface area contributed by atoms with Crippen molar-refractivity contribution in [2.75, 3.05) is 36.4 Å². The van der Waals surface area contributed by atoms with E-state index in [1.165, 1.54) is 30.1 Å². The van der Waals surface area contributed by atoms with Crippen molar-refractivity contribution in [1.29, 1.82) is 0 Å². The van der Waals surface area contributed by atoms with Crippen LogP contribution in [-0.4, -0.2) is 37.2 Å². The number of aromatic nitrogens is 1. The standard InChI is InChI=1S/C22H19Cl2N5O5/c1-27-15-8-18(26-13-6-4-5-7-14(13)29(31)32)25-10-12(15)11-28(22(27)30)21-19(23)16(33-2)9-17(34-3)20(21)24/h4-10H,11H2,1-3H3,(H,25,26). The largest absolute Gasteiger partial charge is 0.495 e.